The maximum atomic E-state index is 12.2. The van der Waals surface area contributed by atoms with Crippen LogP contribution in [-0.4, -0.2) is 40.2 Å². The first kappa shape index (κ1) is 16.7. The molecule has 2 heterocycles. The summed E-state index contributed by atoms with van der Waals surface area (Å²) in [6.07, 6.45) is 1.36. The Hall–Kier alpha value is -2.14. The van der Waals surface area contributed by atoms with Gasteiger partial charge in [-0.2, -0.15) is 5.10 Å². The number of hydrogen-bond acceptors (Lipinski definition) is 3. The lowest BCUT2D eigenvalue weighted by molar-refractivity contribution is -0.145. The van der Waals surface area contributed by atoms with Gasteiger partial charge in [-0.25, -0.2) is 0 Å². The molecule has 0 unspecified atom stereocenters. The summed E-state index contributed by atoms with van der Waals surface area (Å²) in [6.45, 7) is 8.14. The van der Waals surface area contributed by atoms with Crippen LogP contribution in [0.4, 0.5) is 0 Å². The molecule has 0 saturated carbocycles. The molecule has 24 heavy (non-hydrogen) atoms. The van der Waals surface area contributed by atoms with Gasteiger partial charge in [0.25, 0.3) is 0 Å². The molecule has 5 heteroatoms. The number of nitrogens with zero attached hydrogens (tertiary/aromatic N) is 2. The van der Waals surface area contributed by atoms with E-state index in [0.717, 1.165) is 17.0 Å². The number of carbonyl (C=O) groups is 1. The zero-order chi connectivity index (χ0) is 17.1. The molecule has 0 atom stereocenters. The molecule has 0 bridgehead atoms. The third-order valence-electron chi connectivity index (χ3n) is 4.87. The fourth-order valence-corrected chi connectivity index (χ4v) is 2.89. The first-order valence-electron chi connectivity index (χ1n) is 8.49. The molecule has 1 aliphatic heterocycles. The third kappa shape index (κ3) is 3.67. The molecule has 0 spiro atoms. The number of ether oxygens (including phenoxy) is 1. The van der Waals surface area contributed by atoms with E-state index >= 15 is 0 Å². The zero-order valence-electron chi connectivity index (χ0n) is 14.6. The van der Waals surface area contributed by atoms with Crippen LogP contribution in [0.5, 0.6) is 0 Å². The lowest BCUT2D eigenvalue weighted by Gasteiger charge is -2.39. The number of aryl methyl sites for hydroxylation is 3. The van der Waals surface area contributed by atoms with Gasteiger partial charge in [0.15, 0.2) is 0 Å². The van der Waals surface area contributed by atoms with Crippen LogP contribution in [0, 0.1) is 20.8 Å². The minimum absolute atomic E-state index is 0.155. The molecule has 3 rings (SSSR count). The number of aromatic amines is 1. The molecule has 1 fully saturated rings. The van der Waals surface area contributed by atoms with E-state index < -0.39 is 0 Å². The van der Waals surface area contributed by atoms with Gasteiger partial charge < -0.3 is 9.64 Å². The van der Waals surface area contributed by atoms with E-state index in [-0.39, 0.29) is 12.0 Å². The van der Waals surface area contributed by atoms with Crippen molar-refractivity contribution in [1.82, 2.24) is 15.1 Å². The molecule has 1 N–H and O–H groups in total. The van der Waals surface area contributed by atoms with Crippen LogP contribution in [0.2, 0.25) is 0 Å². The average molecular weight is 327 g/mol. The lowest BCUT2D eigenvalue weighted by atomic mass is 10.1. The molecule has 5 nitrogen and oxygen atoms in total. The van der Waals surface area contributed by atoms with Crippen molar-refractivity contribution >= 4 is 5.91 Å². The van der Waals surface area contributed by atoms with Crippen molar-refractivity contribution in [3.05, 3.63) is 52.3 Å². The minimum Gasteiger partial charge on any atom is -0.370 e. The largest absolute Gasteiger partial charge is 0.370 e. The Kier molecular flexibility index (Phi) is 5.00. The van der Waals surface area contributed by atoms with Gasteiger partial charge in [-0.3, -0.25) is 9.89 Å². The van der Waals surface area contributed by atoms with Gasteiger partial charge in [0.1, 0.15) is 0 Å². The summed E-state index contributed by atoms with van der Waals surface area (Å²) in [5.41, 5.74) is 5.69. The Bertz CT molecular complexity index is 717. The molecule has 2 aromatic rings. The third-order valence-corrected chi connectivity index (χ3v) is 4.87. The second kappa shape index (κ2) is 7.18. The van der Waals surface area contributed by atoms with Crippen LogP contribution < -0.4 is 0 Å². The maximum Gasteiger partial charge on any atom is 0.223 e. The fraction of sp³-hybridized carbons (Fsp3) is 0.474. The van der Waals surface area contributed by atoms with Gasteiger partial charge in [-0.15, -0.1) is 0 Å². The number of H-pyrrole nitrogens is 1. The molecule has 1 aromatic heterocycles. The first-order valence-corrected chi connectivity index (χ1v) is 8.49. The molecule has 1 aromatic carbocycles. The van der Waals surface area contributed by atoms with Crippen molar-refractivity contribution in [3.63, 3.8) is 0 Å². The van der Waals surface area contributed by atoms with E-state index in [1.165, 1.54) is 11.1 Å². The number of amides is 1. The normalized spacial score (nSPS) is 14.7. The number of likely N-dealkylation sites (tertiary alicyclic amines) is 1. The van der Waals surface area contributed by atoms with E-state index in [0.29, 0.717) is 32.5 Å². The Labute approximate surface area is 143 Å². The second-order valence-electron chi connectivity index (χ2n) is 6.58. The highest BCUT2D eigenvalue weighted by Gasteiger charge is 2.31. The molecular formula is C19H25N3O2. The molecular weight excluding hydrogens is 302 g/mol. The van der Waals surface area contributed by atoms with E-state index in [1.807, 2.05) is 30.9 Å². The predicted octanol–water partition coefficient (Wildman–Crippen LogP) is 2.70. The van der Waals surface area contributed by atoms with Gasteiger partial charge in [0.05, 0.1) is 18.4 Å². The number of rotatable bonds is 6. The Morgan fingerprint density at radius 1 is 1.29 bits per heavy atom. The maximum absolute atomic E-state index is 12.2. The van der Waals surface area contributed by atoms with Crippen LogP contribution in [-0.2, 0) is 22.6 Å². The second-order valence-corrected chi connectivity index (χ2v) is 6.58. The van der Waals surface area contributed by atoms with Crippen molar-refractivity contribution in [2.24, 2.45) is 0 Å². The predicted molar refractivity (Wildman–Crippen MR) is 92.7 cm³/mol. The van der Waals surface area contributed by atoms with Gasteiger partial charge in [0, 0.05) is 31.6 Å². The van der Waals surface area contributed by atoms with Crippen LogP contribution >= 0.6 is 0 Å². The molecule has 1 aliphatic rings. The van der Waals surface area contributed by atoms with E-state index in [1.54, 1.807) is 0 Å². The summed E-state index contributed by atoms with van der Waals surface area (Å²) in [7, 11) is 0. The van der Waals surface area contributed by atoms with Gasteiger partial charge in [-0.1, -0.05) is 24.3 Å². The summed E-state index contributed by atoms with van der Waals surface area (Å²) in [5.74, 6) is 0.186. The van der Waals surface area contributed by atoms with Crippen molar-refractivity contribution < 1.29 is 9.53 Å². The van der Waals surface area contributed by atoms with Crippen molar-refractivity contribution in [2.75, 3.05) is 13.1 Å². The monoisotopic (exact) mass is 327 g/mol. The van der Waals surface area contributed by atoms with E-state index in [4.69, 9.17) is 4.74 Å². The smallest absolute Gasteiger partial charge is 0.223 e. The highest BCUT2D eigenvalue weighted by Crippen LogP contribution is 2.18. The fourth-order valence-electron chi connectivity index (χ4n) is 2.89. The van der Waals surface area contributed by atoms with E-state index in [2.05, 4.69) is 29.3 Å². The minimum atomic E-state index is 0.155. The van der Waals surface area contributed by atoms with Crippen LogP contribution in [0.15, 0.2) is 24.3 Å². The first-order chi connectivity index (χ1) is 11.5. The SMILES string of the molecule is Cc1ccccc1COC1CN(C(=O)CCc2n[nH]c(C)c2C)C1. The number of hydrogen-bond donors (Lipinski definition) is 1. The van der Waals surface area contributed by atoms with Gasteiger partial charge in [0.2, 0.25) is 5.91 Å². The summed E-state index contributed by atoms with van der Waals surface area (Å²) >= 11 is 0. The highest BCUT2D eigenvalue weighted by atomic mass is 16.5. The van der Waals surface area contributed by atoms with Gasteiger partial charge in [-0.05, 0) is 37.5 Å². The quantitative estimate of drug-likeness (QED) is 0.887. The summed E-state index contributed by atoms with van der Waals surface area (Å²) < 4.78 is 5.90. The van der Waals surface area contributed by atoms with Crippen molar-refractivity contribution in [3.8, 4) is 0 Å². The van der Waals surface area contributed by atoms with Crippen molar-refractivity contribution in [1.29, 1.82) is 0 Å². The van der Waals surface area contributed by atoms with Crippen LogP contribution in [0.1, 0.15) is 34.5 Å². The zero-order valence-corrected chi connectivity index (χ0v) is 14.6. The molecule has 1 saturated heterocycles. The number of nitrogens with one attached hydrogen (secondary N) is 1. The Morgan fingerprint density at radius 3 is 2.71 bits per heavy atom. The summed E-state index contributed by atoms with van der Waals surface area (Å²) in [4.78, 5) is 14.1. The highest BCUT2D eigenvalue weighted by molar-refractivity contribution is 5.77. The summed E-state index contributed by atoms with van der Waals surface area (Å²) in [6, 6.07) is 8.24. The molecule has 0 aliphatic carbocycles. The Balaban J connectivity index is 1.39. The average Bonchev–Trinajstić information content (AvgIpc) is 2.84. The van der Waals surface area contributed by atoms with E-state index in [9.17, 15) is 4.79 Å². The molecule has 0 radical (unpaired) electrons. The van der Waals surface area contributed by atoms with Gasteiger partial charge >= 0.3 is 0 Å². The number of carbonyl (C=O) groups excluding carboxylic acids is 1. The van der Waals surface area contributed by atoms with Crippen molar-refractivity contribution in [2.45, 2.75) is 46.3 Å². The number of aromatic nitrogens is 2. The molecule has 128 valence electrons. The summed E-state index contributed by atoms with van der Waals surface area (Å²) in [5, 5.41) is 7.22. The Morgan fingerprint density at radius 2 is 2.04 bits per heavy atom. The molecule has 1 amide bonds. The van der Waals surface area contributed by atoms with Crippen LogP contribution in [0.25, 0.3) is 0 Å². The topological polar surface area (TPSA) is 58.2 Å². The van der Waals surface area contributed by atoms with Crippen LogP contribution in [0.3, 0.4) is 0 Å². The lowest BCUT2D eigenvalue weighted by Crippen LogP contribution is -2.54. The number of benzene rings is 1. The standard InChI is InChI=1S/C19H25N3O2/c1-13-6-4-5-7-16(13)12-24-17-10-22(11-17)19(23)9-8-18-14(2)15(3)20-21-18/h4-7,17H,8-12H2,1-3H3,(H,20,21).